The molecule has 0 aliphatic carbocycles. The van der Waals surface area contributed by atoms with E-state index in [0.717, 1.165) is 69.7 Å². The van der Waals surface area contributed by atoms with Crippen LogP contribution in [0.3, 0.4) is 0 Å². The molecule has 160 valence electrons. The van der Waals surface area contributed by atoms with E-state index in [-0.39, 0.29) is 0 Å². The molecule has 4 rings (SSSR count). The number of nitrogens with zero attached hydrogens (tertiary/aromatic N) is 3. The fraction of sp³-hybridized carbons (Fsp3) is 0.520. The number of rotatable bonds is 6. The lowest BCUT2D eigenvalue weighted by Gasteiger charge is -2.33. The molecule has 0 N–H and O–H groups in total. The Kier molecular flexibility index (Phi) is 6.68. The molecular formula is C25H33N3O2. The zero-order chi connectivity index (χ0) is 20.9. The van der Waals surface area contributed by atoms with Crippen LogP contribution >= 0.6 is 0 Å². The van der Waals surface area contributed by atoms with Crippen LogP contribution in [0.25, 0.3) is 0 Å². The van der Waals surface area contributed by atoms with Gasteiger partial charge in [0.1, 0.15) is 5.75 Å². The molecule has 2 saturated heterocycles. The Morgan fingerprint density at radius 2 is 1.93 bits per heavy atom. The number of likely N-dealkylation sites (tertiary alicyclic amines) is 2. The first-order chi connectivity index (χ1) is 14.6. The summed E-state index contributed by atoms with van der Waals surface area (Å²) in [6, 6.07) is 12.6. The minimum Gasteiger partial charge on any atom is -0.496 e. The normalized spacial score (nSPS) is 19.8. The summed E-state index contributed by atoms with van der Waals surface area (Å²) in [5, 5.41) is 0. The van der Waals surface area contributed by atoms with Crippen LogP contribution in [0.4, 0.5) is 0 Å². The van der Waals surface area contributed by atoms with Gasteiger partial charge in [0.15, 0.2) is 0 Å². The zero-order valence-electron chi connectivity index (χ0n) is 18.3. The Balaban J connectivity index is 1.45. The summed E-state index contributed by atoms with van der Waals surface area (Å²) < 4.78 is 5.53. The lowest BCUT2D eigenvalue weighted by molar-refractivity contribution is -0.131. The lowest BCUT2D eigenvalue weighted by Crippen LogP contribution is -2.43. The summed E-state index contributed by atoms with van der Waals surface area (Å²) in [7, 11) is 1.72. The highest BCUT2D eigenvalue weighted by Crippen LogP contribution is 2.28. The Morgan fingerprint density at radius 3 is 2.73 bits per heavy atom. The van der Waals surface area contributed by atoms with Crippen molar-refractivity contribution >= 4 is 5.91 Å². The minimum absolute atomic E-state index is 0.294. The van der Waals surface area contributed by atoms with Crippen molar-refractivity contribution in [2.24, 2.45) is 0 Å². The Labute approximate surface area is 180 Å². The number of hydrogen-bond acceptors (Lipinski definition) is 4. The van der Waals surface area contributed by atoms with Crippen LogP contribution < -0.4 is 4.74 Å². The maximum absolute atomic E-state index is 12.6. The van der Waals surface area contributed by atoms with Crippen molar-refractivity contribution in [3.8, 4) is 5.75 Å². The molecule has 2 aliphatic rings. The molecule has 0 saturated carbocycles. The van der Waals surface area contributed by atoms with Gasteiger partial charge in [-0.1, -0.05) is 18.2 Å². The van der Waals surface area contributed by atoms with Gasteiger partial charge in [0, 0.05) is 43.4 Å². The van der Waals surface area contributed by atoms with Gasteiger partial charge in [0.25, 0.3) is 0 Å². The standard InChI is InChI=1S/C25H33N3O2/c1-19-14-20(15-21-8-3-4-10-24(21)30-2)16-23(26-19)22-9-7-11-27(17-22)18-25(29)28-12-5-6-13-28/h3-4,8,10,14,16,22H,5-7,9,11-13,15,17-18H2,1-2H3/t22-/m1/s1. The van der Waals surface area contributed by atoms with Gasteiger partial charge in [0.2, 0.25) is 5.91 Å². The number of para-hydroxylation sites is 1. The second kappa shape index (κ2) is 9.61. The first-order valence-electron chi connectivity index (χ1n) is 11.2. The minimum atomic E-state index is 0.294. The summed E-state index contributed by atoms with van der Waals surface area (Å²) >= 11 is 0. The Bertz CT molecular complexity index is 876. The van der Waals surface area contributed by atoms with E-state index in [1.54, 1.807) is 7.11 Å². The molecule has 5 heteroatoms. The summed E-state index contributed by atoms with van der Waals surface area (Å²) in [6.07, 6.45) is 5.39. The third-order valence-electron chi connectivity index (χ3n) is 6.36. The maximum atomic E-state index is 12.6. The number of aryl methyl sites for hydroxylation is 1. The molecule has 0 bridgehead atoms. The van der Waals surface area contributed by atoms with Crippen LogP contribution in [0.15, 0.2) is 36.4 Å². The van der Waals surface area contributed by atoms with Crippen molar-refractivity contribution in [2.45, 2.75) is 44.9 Å². The molecule has 0 unspecified atom stereocenters. The molecule has 1 aromatic heterocycles. The first kappa shape index (κ1) is 20.9. The number of carbonyl (C=O) groups excluding carboxylic acids is 1. The number of aromatic nitrogens is 1. The van der Waals surface area contributed by atoms with Crippen LogP contribution in [0.2, 0.25) is 0 Å². The van der Waals surface area contributed by atoms with Gasteiger partial charge in [-0.25, -0.2) is 0 Å². The van der Waals surface area contributed by atoms with Gasteiger partial charge >= 0.3 is 0 Å². The van der Waals surface area contributed by atoms with E-state index in [9.17, 15) is 4.79 Å². The van der Waals surface area contributed by atoms with Crippen molar-refractivity contribution in [3.63, 3.8) is 0 Å². The van der Waals surface area contributed by atoms with E-state index in [4.69, 9.17) is 9.72 Å². The van der Waals surface area contributed by atoms with E-state index in [2.05, 4.69) is 36.1 Å². The van der Waals surface area contributed by atoms with E-state index in [1.807, 2.05) is 17.0 Å². The molecule has 2 aliphatic heterocycles. The predicted octanol–water partition coefficient (Wildman–Crippen LogP) is 3.79. The second-order valence-corrected chi connectivity index (χ2v) is 8.69. The maximum Gasteiger partial charge on any atom is 0.236 e. The number of benzene rings is 1. The summed E-state index contributed by atoms with van der Waals surface area (Å²) in [5.41, 5.74) is 4.69. The Hall–Kier alpha value is -2.40. The average Bonchev–Trinajstić information content (AvgIpc) is 3.29. The van der Waals surface area contributed by atoms with Crippen LogP contribution in [0, 0.1) is 6.92 Å². The number of pyridine rings is 1. The van der Waals surface area contributed by atoms with Gasteiger partial charge in [-0.05, 0) is 68.5 Å². The quantitative estimate of drug-likeness (QED) is 0.731. The van der Waals surface area contributed by atoms with Crippen molar-refractivity contribution in [2.75, 3.05) is 39.8 Å². The predicted molar refractivity (Wildman–Crippen MR) is 119 cm³/mol. The first-order valence-corrected chi connectivity index (χ1v) is 11.2. The molecule has 2 aromatic rings. The smallest absolute Gasteiger partial charge is 0.236 e. The fourth-order valence-corrected chi connectivity index (χ4v) is 4.85. The largest absolute Gasteiger partial charge is 0.496 e. The lowest BCUT2D eigenvalue weighted by atomic mass is 9.92. The van der Waals surface area contributed by atoms with E-state index in [1.165, 1.54) is 16.8 Å². The molecule has 0 radical (unpaired) electrons. The highest BCUT2D eigenvalue weighted by molar-refractivity contribution is 5.78. The summed E-state index contributed by atoms with van der Waals surface area (Å²) in [5.74, 6) is 1.61. The van der Waals surface area contributed by atoms with Gasteiger partial charge < -0.3 is 9.64 Å². The van der Waals surface area contributed by atoms with E-state index in [0.29, 0.717) is 18.4 Å². The number of hydrogen-bond donors (Lipinski definition) is 0. The van der Waals surface area contributed by atoms with Crippen molar-refractivity contribution in [3.05, 3.63) is 58.9 Å². The second-order valence-electron chi connectivity index (χ2n) is 8.69. The number of amides is 1. The molecule has 0 spiro atoms. The monoisotopic (exact) mass is 407 g/mol. The number of ether oxygens (including phenoxy) is 1. The number of carbonyl (C=O) groups is 1. The third kappa shape index (κ3) is 5.01. The molecule has 1 atom stereocenters. The summed E-state index contributed by atoms with van der Waals surface area (Å²) in [6.45, 7) is 6.42. The fourth-order valence-electron chi connectivity index (χ4n) is 4.85. The molecule has 5 nitrogen and oxygen atoms in total. The SMILES string of the molecule is COc1ccccc1Cc1cc(C)nc([C@@H]2CCCN(CC(=O)N3CCCC3)C2)c1. The Morgan fingerprint density at radius 1 is 1.13 bits per heavy atom. The highest BCUT2D eigenvalue weighted by Gasteiger charge is 2.26. The van der Waals surface area contributed by atoms with Crippen LogP contribution in [0.5, 0.6) is 5.75 Å². The molecule has 2 fully saturated rings. The molecule has 1 amide bonds. The van der Waals surface area contributed by atoms with Crippen LogP contribution in [-0.2, 0) is 11.2 Å². The molecule has 1 aromatic carbocycles. The molecule has 30 heavy (non-hydrogen) atoms. The zero-order valence-corrected chi connectivity index (χ0v) is 18.3. The van der Waals surface area contributed by atoms with Crippen molar-refractivity contribution in [1.29, 1.82) is 0 Å². The summed E-state index contributed by atoms with van der Waals surface area (Å²) in [4.78, 5) is 21.8. The number of piperidine rings is 1. The van der Waals surface area contributed by atoms with Gasteiger partial charge in [-0.3, -0.25) is 14.7 Å². The van der Waals surface area contributed by atoms with E-state index >= 15 is 0 Å². The molecular weight excluding hydrogens is 374 g/mol. The van der Waals surface area contributed by atoms with E-state index < -0.39 is 0 Å². The third-order valence-corrected chi connectivity index (χ3v) is 6.36. The average molecular weight is 408 g/mol. The number of methoxy groups -OCH3 is 1. The topological polar surface area (TPSA) is 45.7 Å². The van der Waals surface area contributed by atoms with Gasteiger partial charge in [-0.15, -0.1) is 0 Å². The van der Waals surface area contributed by atoms with Crippen molar-refractivity contribution < 1.29 is 9.53 Å². The van der Waals surface area contributed by atoms with Crippen molar-refractivity contribution in [1.82, 2.24) is 14.8 Å². The molecule has 3 heterocycles. The van der Waals surface area contributed by atoms with Gasteiger partial charge in [-0.2, -0.15) is 0 Å². The van der Waals surface area contributed by atoms with Gasteiger partial charge in [0.05, 0.1) is 13.7 Å². The van der Waals surface area contributed by atoms with Crippen LogP contribution in [-0.4, -0.2) is 60.5 Å². The highest BCUT2D eigenvalue weighted by atomic mass is 16.5. The van der Waals surface area contributed by atoms with Crippen LogP contribution in [0.1, 0.15) is 54.1 Å².